The van der Waals surface area contributed by atoms with Gasteiger partial charge in [-0.25, -0.2) is 28.1 Å². The van der Waals surface area contributed by atoms with Crippen molar-refractivity contribution in [1.29, 1.82) is 0 Å². The Balaban J connectivity index is 1.35. The molecule has 1 saturated heterocycles. The summed E-state index contributed by atoms with van der Waals surface area (Å²) in [7, 11) is 0. The smallest absolute Gasteiger partial charge is 0.266 e. The number of pyridine rings is 1. The molecule has 3 aromatic rings. The van der Waals surface area contributed by atoms with Gasteiger partial charge in [0.05, 0.1) is 16.8 Å². The molecule has 1 aliphatic heterocycles. The molecule has 0 atom stereocenters. The van der Waals surface area contributed by atoms with Crippen molar-refractivity contribution in [2.75, 3.05) is 18.4 Å². The summed E-state index contributed by atoms with van der Waals surface area (Å²) >= 11 is 0. The first-order valence-electron chi connectivity index (χ1n) is 13.0. The molecule has 37 heavy (non-hydrogen) atoms. The van der Waals surface area contributed by atoms with Crippen LogP contribution in [0.5, 0.6) is 0 Å². The monoisotopic (exact) mass is 510 g/mol. The SMILES string of the molecule is C=C(NC1CCC1)N1CCC(c2cc3c(NCc4cccc(C(F)F)c4F)nc(C)nc3nc2C)CC1. The highest BCUT2D eigenvalue weighted by molar-refractivity contribution is 5.87. The number of anilines is 1. The van der Waals surface area contributed by atoms with Crippen LogP contribution in [0.3, 0.4) is 0 Å². The normalized spacial score (nSPS) is 16.8. The number of nitrogens with one attached hydrogen (secondary N) is 2. The van der Waals surface area contributed by atoms with E-state index in [9.17, 15) is 13.2 Å². The fourth-order valence-corrected chi connectivity index (χ4v) is 5.24. The third kappa shape index (κ3) is 5.36. The Morgan fingerprint density at radius 1 is 1.11 bits per heavy atom. The second-order valence-corrected chi connectivity index (χ2v) is 10.1. The Kier molecular flexibility index (Phi) is 7.22. The van der Waals surface area contributed by atoms with Gasteiger partial charge in [-0.05, 0) is 63.5 Å². The van der Waals surface area contributed by atoms with Crippen molar-refractivity contribution in [2.45, 2.75) is 70.9 Å². The van der Waals surface area contributed by atoms with Crippen molar-refractivity contribution in [3.63, 3.8) is 0 Å². The van der Waals surface area contributed by atoms with Crippen molar-refractivity contribution in [3.05, 3.63) is 70.7 Å². The number of aryl methyl sites for hydroxylation is 2. The van der Waals surface area contributed by atoms with Gasteiger partial charge in [0.2, 0.25) is 0 Å². The lowest BCUT2D eigenvalue weighted by Crippen LogP contribution is -2.43. The predicted molar refractivity (Wildman–Crippen MR) is 139 cm³/mol. The van der Waals surface area contributed by atoms with E-state index in [-0.39, 0.29) is 12.1 Å². The van der Waals surface area contributed by atoms with Crippen LogP contribution >= 0.6 is 0 Å². The maximum atomic E-state index is 14.6. The molecular formula is C28H33F3N6. The van der Waals surface area contributed by atoms with Crippen LogP contribution in [0.2, 0.25) is 0 Å². The second-order valence-electron chi connectivity index (χ2n) is 10.1. The summed E-state index contributed by atoms with van der Waals surface area (Å²) in [6, 6.07) is 6.71. The molecule has 2 aromatic heterocycles. The molecule has 3 heterocycles. The molecule has 0 spiro atoms. The third-order valence-electron chi connectivity index (χ3n) is 7.61. The lowest BCUT2D eigenvalue weighted by molar-refractivity contribution is 0.146. The van der Waals surface area contributed by atoms with Gasteiger partial charge in [0.25, 0.3) is 6.43 Å². The summed E-state index contributed by atoms with van der Waals surface area (Å²) in [5.74, 6) is 1.53. The van der Waals surface area contributed by atoms with Gasteiger partial charge in [-0.15, -0.1) is 0 Å². The highest BCUT2D eigenvalue weighted by Gasteiger charge is 2.26. The van der Waals surface area contributed by atoms with Gasteiger partial charge in [-0.1, -0.05) is 24.8 Å². The standard InChI is InChI=1S/C28H33F3N6/c1-16-23(19-10-12-37(13-11-19)18(3)36-21-7-5-8-21)14-24-27(34-17(2)35-28(24)33-16)32-15-20-6-4-9-22(25(20)29)26(30)31/h4,6,9,14,19,21,26,36H,3,5,7-8,10-13,15H2,1-2H3,(H,32,33,34,35). The first-order chi connectivity index (χ1) is 17.8. The highest BCUT2D eigenvalue weighted by Crippen LogP contribution is 2.34. The zero-order valence-corrected chi connectivity index (χ0v) is 21.3. The van der Waals surface area contributed by atoms with Gasteiger partial charge in [0.15, 0.2) is 5.65 Å². The quantitative estimate of drug-likeness (QED) is 0.381. The van der Waals surface area contributed by atoms with Gasteiger partial charge >= 0.3 is 0 Å². The topological polar surface area (TPSA) is 66.0 Å². The number of hydrogen-bond donors (Lipinski definition) is 2. The number of fused-ring (bicyclic) bond motifs is 1. The molecular weight excluding hydrogens is 477 g/mol. The number of benzene rings is 1. The number of halogens is 3. The Labute approximate surface area is 215 Å². The van der Waals surface area contributed by atoms with Crippen LogP contribution in [0.1, 0.15) is 72.7 Å². The van der Waals surface area contributed by atoms with E-state index in [0.717, 1.165) is 54.5 Å². The molecule has 1 aliphatic carbocycles. The van der Waals surface area contributed by atoms with E-state index < -0.39 is 17.8 Å². The molecule has 0 radical (unpaired) electrons. The van der Waals surface area contributed by atoms with Gasteiger partial charge in [0.1, 0.15) is 17.5 Å². The average Bonchev–Trinajstić information content (AvgIpc) is 2.84. The van der Waals surface area contributed by atoms with Gasteiger partial charge in [0, 0.05) is 36.9 Å². The van der Waals surface area contributed by atoms with Crippen LogP contribution in [0.15, 0.2) is 36.7 Å². The van der Waals surface area contributed by atoms with E-state index in [0.29, 0.717) is 29.2 Å². The number of aromatic nitrogens is 3. The van der Waals surface area contributed by atoms with Crippen molar-refractivity contribution in [2.24, 2.45) is 0 Å². The Morgan fingerprint density at radius 2 is 1.86 bits per heavy atom. The molecule has 2 fully saturated rings. The average molecular weight is 511 g/mol. The first-order valence-corrected chi connectivity index (χ1v) is 13.0. The molecule has 6 nitrogen and oxygen atoms in total. The molecule has 1 aromatic carbocycles. The van der Waals surface area contributed by atoms with Crippen molar-refractivity contribution in [3.8, 4) is 0 Å². The number of hydrogen-bond acceptors (Lipinski definition) is 6. The maximum absolute atomic E-state index is 14.6. The molecule has 0 amide bonds. The number of piperidine rings is 1. The molecule has 196 valence electrons. The maximum Gasteiger partial charge on any atom is 0.266 e. The lowest BCUT2D eigenvalue weighted by atomic mass is 9.88. The zero-order valence-electron chi connectivity index (χ0n) is 21.3. The van der Waals surface area contributed by atoms with Crippen molar-refractivity contribution >= 4 is 16.9 Å². The summed E-state index contributed by atoms with van der Waals surface area (Å²) in [6.07, 6.45) is 2.84. The van der Waals surface area contributed by atoms with Crippen LogP contribution in [0, 0.1) is 19.7 Å². The summed E-state index contributed by atoms with van der Waals surface area (Å²) in [5.41, 5.74) is 2.22. The molecule has 9 heteroatoms. The van der Waals surface area contributed by atoms with E-state index >= 15 is 0 Å². The molecule has 5 rings (SSSR count). The first kappa shape index (κ1) is 25.3. The van der Waals surface area contributed by atoms with E-state index in [4.69, 9.17) is 4.98 Å². The summed E-state index contributed by atoms with van der Waals surface area (Å²) in [4.78, 5) is 16.2. The van der Waals surface area contributed by atoms with Crippen LogP contribution in [0.4, 0.5) is 19.0 Å². The fraction of sp³-hybridized carbons (Fsp3) is 0.464. The molecule has 2 aliphatic rings. The number of likely N-dealkylation sites (tertiary alicyclic amines) is 1. The summed E-state index contributed by atoms with van der Waals surface area (Å²) in [5, 5.41) is 7.45. The fourth-order valence-electron chi connectivity index (χ4n) is 5.24. The van der Waals surface area contributed by atoms with Crippen molar-refractivity contribution in [1.82, 2.24) is 25.2 Å². The van der Waals surface area contributed by atoms with Crippen LogP contribution in [-0.2, 0) is 6.54 Å². The number of alkyl halides is 2. The van der Waals surface area contributed by atoms with Crippen LogP contribution in [0.25, 0.3) is 11.0 Å². The minimum atomic E-state index is -2.87. The second kappa shape index (κ2) is 10.6. The van der Waals surface area contributed by atoms with Gasteiger partial charge < -0.3 is 15.5 Å². The minimum absolute atomic E-state index is 0.0235. The Morgan fingerprint density at radius 3 is 2.54 bits per heavy atom. The minimum Gasteiger partial charge on any atom is -0.370 e. The Hall–Kier alpha value is -3.36. The van der Waals surface area contributed by atoms with E-state index in [2.05, 4.69) is 38.1 Å². The largest absolute Gasteiger partial charge is 0.370 e. The molecule has 1 saturated carbocycles. The predicted octanol–water partition coefficient (Wildman–Crippen LogP) is 6.12. The summed E-state index contributed by atoms with van der Waals surface area (Å²) < 4.78 is 40.8. The van der Waals surface area contributed by atoms with Crippen LogP contribution in [-0.4, -0.2) is 39.0 Å². The van der Waals surface area contributed by atoms with Gasteiger partial charge in [-0.2, -0.15) is 0 Å². The summed E-state index contributed by atoms with van der Waals surface area (Å²) in [6.45, 7) is 9.91. The van der Waals surface area contributed by atoms with E-state index in [1.54, 1.807) is 6.92 Å². The number of rotatable bonds is 8. The lowest BCUT2D eigenvalue weighted by Gasteiger charge is -2.38. The van der Waals surface area contributed by atoms with Crippen molar-refractivity contribution < 1.29 is 13.2 Å². The zero-order chi connectivity index (χ0) is 26.1. The number of nitrogens with zero attached hydrogens (tertiary/aromatic N) is 4. The molecule has 0 bridgehead atoms. The molecule has 0 unspecified atom stereocenters. The Bertz CT molecular complexity index is 1300. The van der Waals surface area contributed by atoms with E-state index in [1.165, 1.54) is 31.4 Å². The van der Waals surface area contributed by atoms with E-state index in [1.807, 2.05) is 6.92 Å². The third-order valence-corrected chi connectivity index (χ3v) is 7.61. The molecule has 2 N–H and O–H groups in total. The highest BCUT2D eigenvalue weighted by atomic mass is 19.3. The van der Waals surface area contributed by atoms with Crippen LogP contribution < -0.4 is 10.6 Å². The van der Waals surface area contributed by atoms with Gasteiger partial charge in [-0.3, -0.25) is 0 Å².